The van der Waals surface area contributed by atoms with Crippen LogP contribution in [0, 0.1) is 6.92 Å². The second kappa shape index (κ2) is 5.13. The van der Waals surface area contributed by atoms with Gasteiger partial charge >= 0.3 is 5.97 Å². The lowest BCUT2D eigenvalue weighted by molar-refractivity contribution is -0.126. The van der Waals surface area contributed by atoms with Crippen molar-refractivity contribution >= 4 is 17.6 Å². The van der Waals surface area contributed by atoms with Gasteiger partial charge in [0.2, 0.25) is 0 Å². The fraction of sp³-hybridized carbons (Fsp3) is 0.250. The number of ether oxygens (including phenoxy) is 2. The van der Waals surface area contributed by atoms with Gasteiger partial charge in [-0.15, -0.1) is 0 Å². The van der Waals surface area contributed by atoms with E-state index in [9.17, 15) is 9.90 Å². The van der Waals surface area contributed by atoms with Gasteiger partial charge in [0.15, 0.2) is 11.5 Å². The van der Waals surface area contributed by atoms with Crippen molar-refractivity contribution < 1.29 is 19.4 Å². The van der Waals surface area contributed by atoms with Crippen LogP contribution in [0.25, 0.3) is 11.6 Å². The van der Waals surface area contributed by atoms with Crippen LogP contribution < -0.4 is 9.47 Å². The summed E-state index contributed by atoms with van der Waals surface area (Å²) in [5, 5.41) is 10.8. The molecule has 1 N–H and O–H groups in total. The highest BCUT2D eigenvalue weighted by atomic mass is 16.5. The number of hydrogen-bond acceptors (Lipinski definition) is 4. The molecule has 0 saturated carbocycles. The molecule has 0 unspecified atom stereocenters. The molecule has 2 heterocycles. The first-order chi connectivity index (χ1) is 11.5. The molecule has 0 spiro atoms. The molecule has 4 nitrogen and oxygen atoms in total. The van der Waals surface area contributed by atoms with Gasteiger partial charge in [0.1, 0.15) is 11.9 Å². The first kappa shape index (κ1) is 14.8. The van der Waals surface area contributed by atoms with Crippen molar-refractivity contribution in [2.75, 3.05) is 0 Å². The average molecular weight is 322 g/mol. The second-order valence-electron chi connectivity index (χ2n) is 6.39. The van der Waals surface area contributed by atoms with E-state index in [4.69, 9.17) is 9.47 Å². The highest BCUT2D eigenvalue weighted by molar-refractivity contribution is 6.27. The zero-order valence-electron chi connectivity index (χ0n) is 13.8. The third kappa shape index (κ3) is 1.96. The predicted octanol–water partition coefficient (Wildman–Crippen LogP) is 4.04. The fourth-order valence-corrected chi connectivity index (χ4v) is 3.49. The summed E-state index contributed by atoms with van der Waals surface area (Å²) >= 11 is 0. The van der Waals surface area contributed by atoms with Crippen LogP contribution in [0.1, 0.15) is 42.0 Å². The second-order valence-corrected chi connectivity index (χ2v) is 6.39. The number of aromatic hydroxyl groups is 1. The summed E-state index contributed by atoms with van der Waals surface area (Å²) in [6.07, 6.45) is 1.71. The van der Waals surface area contributed by atoms with E-state index in [1.165, 1.54) is 0 Å². The third-order valence-electron chi connectivity index (χ3n) is 4.93. The van der Waals surface area contributed by atoms with Crippen molar-refractivity contribution in [3.8, 4) is 17.2 Å². The summed E-state index contributed by atoms with van der Waals surface area (Å²) < 4.78 is 11.3. The van der Waals surface area contributed by atoms with Crippen molar-refractivity contribution in [1.29, 1.82) is 0 Å². The van der Waals surface area contributed by atoms with Gasteiger partial charge in [-0.05, 0) is 25.5 Å². The standard InChI is InChI=1S/C20H18O4/c1-10-12(3)23-19-15(10)11(2)18-16(17(19)21)14(20(22)24-18)9-13-7-5-4-6-8-13/h4-10,12,21H,1-3H3/b14-9-/t10-,12-/m1/s1. The van der Waals surface area contributed by atoms with Gasteiger partial charge in [-0.3, -0.25) is 0 Å². The number of esters is 1. The molecule has 0 aromatic heterocycles. The zero-order chi connectivity index (χ0) is 17.0. The van der Waals surface area contributed by atoms with Gasteiger partial charge in [0.05, 0.1) is 11.1 Å². The molecule has 0 fully saturated rings. The summed E-state index contributed by atoms with van der Waals surface area (Å²) in [7, 11) is 0. The minimum Gasteiger partial charge on any atom is -0.504 e. The summed E-state index contributed by atoms with van der Waals surface area (Å²) in [5.41, 5.74) is 3.45. The number of carbonyl (C=O) groups excluding carboxylic acids is 1. The van der Waals surface area contributed by atoms with Crippen LogP contribution in [-0.2, 0) is 4.79 Å². The van der Waals surface area contributed by atoms with Crippen LogP contribution in [0.3, 0.4) is 0 Å². The lowest BCUT2D eigenvalue weighted by atomic mass is 9.90. The Morgan fingerprint density at radius 2 is 1.83 bits per heavy atom. The maximum Gasteiger partial charge on any atom is 0.344 e. The van der Waals surface area contributed by atoms with Crippen LogP contribution in [0.5, 0.6) is 17.2 Å². The van der Waals surface area contributed by atoms with E-state index in [1.807, 2.05) is 51.1 Å². The Labute approximate surface area is 140 Å². The van der Waals surface area contributed by atoms with Crippen molar-refractivity contribution in [3.05, 3.63) is 52.6 Å². The Morgan fingerprint density at radius 3 is 2.54 bits per heavy atom. The molecule has 2 atom stereocenters. The number of carbonyl (C=O) groups is 1. The molecule has 0 bridgehead atoms. The minimum atomic E-state index is -0.448. The molecule has 4 heteroatoms. The zero-order valence-corrected chi connectivity index (χ0v) is 13.8. The van der Waals surface area contributed by atoms with Gasteiger partial charge in [-0.1, -0.05) is 37.3 Å². The van der Waals surface area contributed by atoms with Crippen LogP contribution in [-0.4, -0.2) is 17.2 Å². The first-order valence-electron chi connectivity index (χ1n) is 8.04. The van der Waals surface area contributed by atoms with Crippen LogP contribution >= 0.6 is 0 Å². The lowest BCUT2D eigenvalue weighted by Crippen LogP contribution is -2.11. The SMILES string of the molecule is Cc1c2c(c(O)c3c1[C@H](C)[C@@H](C)O3)/C(=C/c1ccccc1)C(=O)O2. The van der Waals surface area contributed by atoms with Crippen molar-refractivity contribution in [1.82, 2.24) is 0 Å². The van der Waals surface area contributed by atoms with Crippen LogP contribution in [0.15, 0.2) is 30.3 Å². The number of phenols is 1. The van der Waals surface area contributed by atoms with E-state index in [-0.39, 0.29) is 17.8 Å². The van der Waals surface area contributed by atoms with Crippen LogP contribution in [0.2, 0.25) is 0 Å². The highest BCUT2D eigenvalue weighted by Gasteiger charge is 2.41. The fourth-order valence-electron chi connectivity index (χ4n) is 3.49. The van der Waals surface area contributed by atoms with Crippen molar-refractivity contribution in [2.45, 2.75) is 32.8 Å². The van der Waals surface area contributed by atoms with Gasteiger partial charge in [-0.25, -0.2) is 4.79 Å². The molecule has 0 aliphatic carbocycles. The van der Waals surface area contributed by atoms with Gasteiger partial charge < -0.3 is 14.6 Å². The van der Waals surface area contributed by atoms with E-state index in [0.717, 1.165) is 16.7 Å². The molecule has 2 aliphatic rings. The Hall–Kier alpha value is -2.75. The van der Waals surface area contributed by atoms with Crippen molar-refractivity contribution in [3.63, 3.8) is 0 Å². The molecule has 4 rings (SSSR count). The number of rotatable bonds is 1. The van der Waals surface area contributed by atoms with E-state index >= 15 is 0 Å². The van der Waals surface area contributed by atoms with E-state index in [1.54, 1.807) is 6.08 Å². The molecule has 0 radical (unpaired) electrons. The van der Waals surface area contributed by atoms with E-state index in [0.29, 0.717) is 22.6 Å². The van der Waals surface area contributed by atoms with Crippen molar-refractivity contribution in [2.24, 2.45) is 0 Å². The maximum absolute atomic E-state index is 12.4. The summed E-state index contributed by atoms with van der Waals surface area (Å²) in [4.78, 5) is 12.4. The average Bonchev–Trinajstić information content (AvgIpc) is 3.05. The lowest BCUT2D eigenvalue weighted by Gasteiger charge is -2.12. The molecular formula is C20H18O4. The number of fused-ring (bicyclic) bond motifs is 2. The first-order valence-corrected chi connectivity index (χ1v) is 8.04. The maximum atomic E-state index is 12.4. The van der Waals surface area contributed by atoms with E-state index < -0.39 is 5.97 Å². The quantitative estimate of drug-likeness (QED) is 0.489. The largest absolute Gasteiger partial charge is 0.504 e. The summed E-state index contributed by atoms with van der Waals surface area (Å²) in [5.74, 6) is 0.606. The Bertz CT molecular complexity index is 881. The van der Waals surface area contributed by atoms with Gasteiger partial charge in [-0.2, -0.15) is 0 Å². The molecule has 0 saturated heterocycles. The molecule has 0 amide bonds. The number of benzene rings is 2. The number of hydrogen-bond donors (Lipinski definition) is 1. The smallest absolute Gasteiger partial charge is 0.344 e. The Kier molecular flexibility index (Phi) is 3.17. The molecular weight excluding hydrogens is 304 g/mol. The number of phenolic OH excluding ortho intramolecular Hbond substituents is 1. The van der Waals surface area contributed by atoms with Gasteiger partial charge in [0.25, 0.3) is 0 Å². The van der Waals surface area contributed by atoms with Crippen LogP contribution in [0.4, 0.5) is 0 Å². The Morgan fingerprint density at radius 1 is 1.12 bits per heavy atom. The minimum absolute atomic E-state index is 0.00479. The molecule has 2 aliphatic heterocycles. The molecule has 24 heavy (non-hydrogen) atoms. The molecule has 2 aromatic rings. The summed E-state index contributed by atoms with van der Waals surface area (Å²) in [6.45, 7) is 5.93. The highest BCUT2D eigenvalue weighted by Crippen LogP contribution is 2.55. The summed E-state index contributed by atoms with van der Waals surface area (Å²) in [6, 6.07) is 9.50. The predicted molar refractivity (Wildman–Crippen MR) is 91.3 cm³/mol. The molecule has 2 aromatic carbocycles. The normalized spacial score (nSPS) is 23.0. The topological polar surface area (TPSA) is 55.8 Å². The van der Waals surface area contributed by atoms with Gasteiger partial charge in [0, 0.05) is 17.0 Å². The third-order valence-corrected chi connectivity index (χ3v) is 4.93. The monoisotopic (exact) mass is 322 g/mol. The molecule has 122 valence electrons. The Balaban J connectivity index is 1.95. The van der Waals surface area contributed by atoms with E-state index in [2.05, 4.69) is 0 Å².